The maximum atomic E-state index is 5.89. The van der Waals surface area contributed by atoms with E-state index < -0.39 is 18.4 Å². The van der Waals surface area contributed by atoms with Gasteiger partial charge in [-0.15, -0.1) is 0 Å². The zero-order valence-electron chi connectivity index (χ0n) is 18.1. The van der Waals surface area contributed by atoms with Gasteiger partial charge in [-0.2, -0.15) is 0 Å². The summed E-state index contributed by atoms with van der Waals surface area (Å²) < 4.78 is 17.9. The van der Waals surface area contributed by atoms with Crippen molar-refractivity contribution in [3.63, 3.8) is 0 Å². The first-order chi connectivity index (χ1) is 13.2. The standard InChI is InChI=1S/C11H12BO2.3C4H9.Sn/c1-10-4-2-3-5-11(10)6-7-12-13-8-9-14-12;3*1-3-4-2;/h2-5,7H,8-9H2,1H3;3*1,3-4H2,2H3;. The third-order valence-corrected chi connectivity index (χ3v) is 21.7. The van der Waals surface area contributed by atoms with Gasteiger partial charge in [0.25, 0.3) is 0 Å². The SMILES string of the molecule is CCC[CH2][Sn]([CH2]CCC)([CH2]CCC)/[C](=C\B1OCCO1)c1ccccc1C. The summed E-state index contributed by atoms with van der Waals surface area (Å²) >= 11 is -2.57. The third kappa shape index (κ3) is 6.64. The quantitative estimate of drug-likeness (QED) is 0.307. The van der Waals surface area contributed by atoms with Crippen LogP contribution in [-0.4, -0.2) is 38.7 Å². The van der Waals surface area contributed by atoms with E-state index in [1.165, 1.54) is 63.0 Å². The van der Waals surface area contributed by atoms with Crippen LogP contribution >= 0.6 is 0 Å². The van der Waals surface area contributed by atoms with E-state index in [4.69, 9.17) is 9.31 Å². The molecule has 150 valence electrons. The molecule has 2 nitrogen and oxygen atoms in total. The summed E-state index contributed by atoms with van der Waals surface area (Å²) in [7, 11) is -0.138. The Balaban J connectivity index is 2.53. The van der Waals surface area contributed by atoms with Gasteiger partial charge in [0.2, 0.25) is 0 Å². The van der Waals surface area contributed by atoms with E-state index in [0.29, 0.717) is 0 Å². The molecule has 0 atom stereocenters. The Morgan fingerprint density at radius 1 is 0.926 bits per heavy atom. The van der Waals surface area contributed by atoms with Crippen molar-refractivity contribution in [2.75, 3.05) is 13.2 Å². The van der Waals surface area contributed by atoms with Crippen molar-refractivity contribution in [1.82, 2.24) is 0 Å². The van der Waals surface area contributed by atoms with Crippen LogP contribution in [0.3, 0.4) is 0 Å². The molecule has 1 aromatic rings. The predicted octanol–water partition coefficient (Wildman–Crippen LogP) is 6.84. The summed E-state index contributed by atoms with van der Waals surface area (Å²) in [6.07, 6.45) is 8.02. The number of aryl methyl sites for hydroxylation is 1. The molecule has 0 radical (unpaired) electrons. The van der Waals surface area contributed by atoms with Gasteiger partial charge in [-0.1, -0.05) is 0 Å². The van der Waals surface area contributed by atoms with E-state index in [9.17, 15) is 0 Å². The van der Waals surface area contributed by atoms with Crippen molar-refractivity contribution in [1.29, 1.82) is 0 Å². The average Bonchev–Trinajstić information content (AvgIpc) is 3.20. The molecule has 1 fully saturated rings. The molecular weight excluding hydrogens is 438 g/mol. The number of hydrogen-bond donors (Lipinski definition) is 0. The Morgan fingerprint density at radius 2 is 1.44 bits per heavy atom. The second-order valence-electron chi connectivity index (χ2n) is 8.10. The van der Waals surface area contributed by atoms with Crippen LogP contribution in [0.2, 0.25) is 13.3 Å². The maximum absolute atomic E-state index is 5.89. The molecule has 2 rings (SSSR count). The first-order valence-corrected chi connectivity index (χ1v) is 18.7. The molecule has 1 aromatic carbocycles. The summed E-state index contributed by atoms with van der Waals surface area (Å²) in [6, 6.07) is 9.00. The van der Waals surface area contributed by atoms with Crippen LogP contribution < -0.4 is 0 Å². The fraction of sp³-hybridized carbons (Fsp3) is 0.652. The van der Waals surface area contributed by atoms with Crippen LogP contribution in [0, 0.1) is 6.92 Å². The summed E-state index contributed by atoms with van der Waals surface area (Å²) in [5.74, 6) is 2.41. The van der Waals surface area contributed by atoms with Gasteiger partial charge in [-0.05, 0) is 0 Å². The number of rotatable bonds is 12. The second-order valence-corrected chi connectivity index (χ2v) is 21.2. The van der Waals surface area contributed by atoms with Gasteiger partial charge >= 0.3 is 173 Å². The summed E-state index contributed by atoms with van der Waals surface area (Å²) in [5, 5.41) is 0. The molecule has 0 amide bonds. The number of unbranched alkanes of at least 4 members (excludes halogenated alkanes) is 3. The molecule has 0 bridgehead atoms. The molecule has 27 heavy (non-hydrogen) atoms. The summed E-state index contributed by atoms with van der Waals surface area (Å²) in [5.41, 5.74) is 2.89. The Hall–Kier alpha value is -0.256. The third-order valence-electron chi connectivity index (χ3n) is 5.98. The minimum atomic E-state index is -2.57. The van der Waals surface area contributed by atoms with Gasteiger partial charge in [0, 0.05) is 0 Å². The zero-order valence-corrected chi connectivity index (χ0v) is 20.9. The van der Waals surface area contributed by atoms with E-state index in [-0.39, 0.29) is 7.12 Å². The van der Waals surface area contributed by atoms with Crippen molar-refractivity contribution < 1.29 is 9.31 Å². The van der Waals surface area contributed by atoms with Crippen molar-refractivity contribution >= 4 is 29.1 Å². The van der Waals surface area contributed by atoms with Crippen molar-refractivity contribution in [3.8, 4) is 0 Å². The van der Waals surface area contributed by atoms with Crippen molar-refractivity contribution in [2.24, 2.45) is 0 Å². The monoisotopic (exact) mass is 478 g/mol. The van der Waals surface area contributed by atoms with Gasteiger partial charge in [0.1, 0.15) is 0 Å². The van der Waals surface area contributed by atoms with Gasteiger partial charge in [0.05, 0.1) is 0 Å². The van der Waals surface area contributed by atoms with Crippen molar-refractivity contribution in [3.05, 3.63) is 41.4 Å². The fourth-order valence-corrected chi connectivity index (χ4v) is 21.5. The van der Waals surface area contributed by atoms with E-state index >= 15 is 0 Å². The van der Waals surface area contributed by atoms with E-state index in [1.54, 1.807) is 3.59 Å². The zero-order chi connectivity index (χ0) is 19.5. The van der Waals surface area contributed by atoms with Crippen LogP contribution in [-0.2, 0) is 9.31 Å². The second kappa shape index (κ2) is 12.3. The van der Waals surface area contributed by atoms with Crippen LogP contribution in [0.1, 0.15) is 70.4 Å². The molecule has 0 aromatic heterocycles. The predicted molar refractivity (Wildman–Crippen MR) is 122 cm³/mol. The van der Waals surface area contributed by atoms with Crippen molar-refractivity contribution in [2.45, 2.75) is 79.5 Å². The first-order valence-electron chi connectivity index (χ1n) is 11.2. The van der Waals surface area contributed by atoms with Crippen LogP contribution in [0.5, 0.6) is 0 Å². The molecule has 0 unspecified atom stereocenters. The van der Waals surface area contributed by atoms with Crippen LogP contribution in [0.15, 0.2) is 30.2 Å². The van der Waals surface area contributed by atoms with Crippen LogP contribution in [0.4, 0.5) is 0 Å². The molecular formula is C23H39BO2Sn. The Kier molecular flexibility index (Phi) is 10.5. The normalized spacial score (nSPS) is 15.6. The Labute approximate surface area is 172 Å². The molecule has 1 saturated heterocycles. The van der Waals surface area contributed by atoms with E-state index in [0.717, 1.165) is 13.2 Å². The van der Waals surface area contributed by atoms with Gasteiger partial charge < -0.3 is 0 Å². The topological polar surface area (TPSA) is 18.5 Å². The number of hydrogen-bond acceptors (Lipinski definition) is 2. The first kappa shape index (κ1) is 23.0. The van der Waals surface area contributed by atoms with Gasteiger partial charge in [0.15, 0.2) is 0 Å². The van der Waals surface area contributed by atoms with E-state index in [2.05, 4.69) is 57.9 Å². The fourth-order valence-electron chi connectivity index (χ4n) is 4.36. The van der Waals surface area contributed by atoms with E-state index in [1.807, 2.05) is 0 Å². The molecule has 0 spiro atoms. The summed E-state index contributed by atoms with van der Waals surface area (Å²) in [6.45, 7) is 10.8. The number of benzene rings is 1. The minimum absolute atomic E-state index is 0.138. The molecule has 1 aliphatic heterocycles. The Morgan fingerprint density at radius 3 is 1.93 bits per heavy atom. The molecule has 0 saturated carbocycles. The molecule has 4 heteroatoms. The Bertz CT molecular complexity index is 560. The molecule has 1 aliphatic rings. The molecule has 0 N–H and O–H groups in total. The van der Waals surface area contributed by atoms with Gasteiger partial charge in [-0.25, -0.2) is 0 Å². The van der Waals surface area contributed by atoms with Crippen LogP contribution in [0.25, 0.3) is 3.59 Å². The van der Waals surface area contributed by atoms with Gasteiger partial charge in [-0.3, -0.25) is 0 Å². The summed E-state index contributed by atoms with van der Waals surface area (Å²) in [4.78, 5) is 0. The molecule has 1 heterocycles. The molecule has 0 aliphatic carbocycles. The average molecular weight is 477 g/mol.